The lowest BCUT2D eigenvalue weighted by atomic mass is 10.2. The third kappa shape index (κ3) is 5.47. The van der Waals surface area contributed by atoms with Gasteiger partial charge in [-0.2, -0.15) is 0 Å². The first kappa shape index (κ1) is 16.5. The zero-order chi connectivity index (χ0) is 16.7. The smallest absolute Gasteiger partial charge is 0.226 e. The van der Waals surface area contributed by atoms with Crippen molar-refractivity contribution in [2.75, 3.05) is 22.5 Å². The summed E-state index contributed by atoms with van der Waals surface area (Å²) in [5, 5.41) is 8.76. The van der Waals surface area contributed by atoms with Gasteiger partial charge in [-0.05, 0) is 36.8 Å². The molecule has 0 heterocycles. The molecule has 3 N–H and O–H groups in total. The van der Waals surface area contributed by atoms with Gasteiger partial charge in [-0.3, -0.25) is 9.59 Å². The molecule has 2 amide bonds. The number of carbonyl (C=O) groups is 2. The lowest BCUT2D eigenvalue weighted by Crippen LogP contribution is -2.16. The van der Waals surface area contributed by atoms with Gasteiger partial charge in [0.2, 0.25) is 11.8 Å². The molecular weight excluding hydrogens is 290 g/mol. The molecule has 2 aromatic rings. The summed E-state index contributed by atoms with van der Waals surface area (Å²) in [6, 6.07) is 15.0. The van der Waals surface area contributed by atoms with Gasteiger partial charge in [0.1, 0.15) is 0 Å². The Hall–Kier alpha value is -2.82. The quantitative estimate of drug-likeness (QED) is 0.766. The van der Waals surface area contributed by atoms with E-state index in [1.165, 1.54) is 6.92 Å². The molecular formula is C18H21N3O2. The molecule has 0 bridgehead atoms. The van der Waals surface area contributed by atoms with Crippen molar-refractivity contribution < 1.29 is 9.59 Å². The molecule has 120 valence electrons. The lowest BCUT2D eigenvalue weighted by molar-refractivity contribution is -0.116. The number of hydrogen-bond donors (Lipinski definition) is 3. The largest absolute Gasteiger partial charge is 0.384 e. The molecule has 5 nitrogen and oxygen atoms in total. The Bertz CT molecular complexity index is 698. The molecule has 2 rings (SSSR count). The second-order valence-electron chi connectivity index (χ2n) is 5.30. The van der Waals surface area contributed by atoms with Crippen LogP contribution in [0.25, 0.3) is 0 Å². The van der Waals surface area contributed by atoms with Gasteiger partial charge >= 0.3 is 0 Å². The third-order valence-corrected chi connectivity index (χ3v) is 3.28. The lowest BCUT2D eigenvalue weighted by Gasteiger charge is -2.10. The third-order valence-electron chi connectivity index (χ3n) is 3.28. The molecule has 0 spiro atoms. The van der Waals surface area contributed by atoms with Crippen molar-refractivity contribution in [3.8, 4) is 0 Å². The van der Waals surface area contributed by atoms with Gasteiger partial charge in [-0.1, -0.05) is 24.3 Å². The van der Waals surface area contributed by atoms with Crippen molar-refractivity contribution in [1.82, 2.24) is 0 Å². The molecule has 0 radical (unpaired) electrons. The predicted molar refractivity (Wildman–Crippen MR) is 93.7 cm³/mol. The van der Waals surface area contributed by atoms with Crippen molar-refractivity contribution in [3.63, 3.8) is 0 Å². The summed E-state index contributed by atoms with van der Waals surface area (Å²) in [7, 11) is 0. The minimum absolute atomic E-state index is 0.0777. The van der Waals surface area contributed by atoms with Gasteiger partial charge in [-0.25, -0.2) is 0 Å². The number of para-hydroxylation sites is 1. The van der Waals surface area contributed by atoms with Crippen LogP contribution in [0.2, 0.25) is 0 Å². The number of carbonyl (C=O) groups excluding carboxylic acids is 2. The fraction of sp³-hybridized carbons (Fsp3) is 0.222. The average Bonchev–Trinajstić information content (AvgIpc) is 2.49. The van der Waals surface area contributed by atoms with Crippen LogP contribution in [-0.4, -0.2) is 18.4 Å². The minimum atomic E-state index is -0.143. The maximum Gasteiger partial charge on any atom is 0.226 e. The predicted octanol–water partition coefficient (Wildman–Crippen LogP) is 3.39. The summed E-state index contributed by atoms with van der Waals surface area (Å²) < 4.78 is 0. The maximum atomic E-state index is 12.0. The van der Waals surface area contributed by atoms with Crippen LogP contribution in [-0.2, 0) is 9.59 Å². The standard InChI is InChI=1S/C18H21N3O2/c1-13-6-3-4-9-17(13)19-11-10-18(23)21-16-8-5-7-15(12-16)20-14(2)22/h3-9,12,19H,10-11H2,1-2H3,(H,20,22)(H,21,23). The topological polar surface area (TPSA) is 70.2 Å². The monoisotopic (exact) mass is 311 g/mol. The van der Waals surface area contributed by atoms with Gasteiger partial charge in [0.25, 0.3) is 0 Å². The highest BCUT2D eigenvalue weighted by Crippen LogP contribution is 2.16. The first-order chi connectivity index (χ1) is 11.0. The Morgan fingerprint density at radius 2 is 1.65 bits per heavy atom. The highest BCUT2D eigenvalue weighted by Gasteiger charge is 2.04. The Kier molecular flexibility index (Phi) is 5.74. The maximum absolute atomic E-state index is 12.0. The van der Waals surface area contributed by atoms with Gasteiger partial charge in [0.15, 0.2) is 0 Å². The summed E-state index contributed by atoms with van der Waals surface area (Å²) in [5.41, 5.74) is 3.51. The van der Waals surface area contributed by atoms with E-state index in [0.29, 0.717) is 24.3 Å². The van der Waals surface area contributed by atoms with Crippen LogP contribution in [0, 0.1) is 6.92 Å². The van der Waals surface area contributed by atoms with Crippen LogP contribution in [0.4, 0.5) is 17.1 Å². The van der Waals surface area contributed by atoms with E-state index < -0.39 is 0 Å². The molecule has 0 saturated heterocycles. The van der Waals surface area contributed by atoms with Crippen LogP contribution in [0.15, 0.2) is 48.5 Å². The van der Waals surface area contributed by atoms with Crippen molar-refractivity contribution in [1.29, 1.82) is 0 Å². The highest BCUT2D eigenvalue weighted by atomic mass is 16.2. The van der Waals surface area contributed by atoms with Crippen LogP contribution >= 0.6 is 0 Å². The molecule has 0 atom stereocenters. The van der Waals surface area contributed by atoms with Gasteiger partial charge in [0, 0.05) is 37.0 Å². The van der Waals surface area contributed by atoms with E-state index in [9.17, 15) is 9.59 Å². The number of anilines is 3. The molecule has 0 saturated carbocycles. The van der Waals surface area contributed by atoms with Crippen LogP contribution in [0.3, 0.4) is 0 Å². The van der Waals surface area contributed by atoms with Gasteiger partial charge < -0.3 is 16.0 Å². The Labute approximate surface area is 136 Å². The normalized spacial score (nSPS) is 10.0. The number of nitrogens with one attached hydrogen (secondary N) is 3. The Balaban J connectivity index is 1.83. The number of hydrogen-bond acceptors (Lipinski definition) is 3. The zero-order valence-corrected chi connectivity index (χ0v) is 13.3. The summed E-state index contributed by atoms with van der Waals surface area (Å²) in [6.07, 6.45) is 0.360. The summed E-state index contributed by atoms with van der Waals surface area (Å²) in [4.78, 5) is 23.0. The minimum Gasteiger partial charge on any atom is -0.384 e. The van der Waals surface area contributed by atoms with Gasteiger partial charge in [0.05, 0.1) is 0 Å². The second-order valence-corrected chi connectivity index (χ2v) is 5.30. The molecule has 0 aliphatic rings. The van der Waals surface area contributed by atoms with Crippen molar-refractivity contribution in [2.45, 2.75) is 20.3 Å². The van der Waals surface area contributed by atoms with E-state index in [4.69, 9.17) is 0 Å². The second kappa shape index (κ2) is 7.98. The fourth-order valence-electron chi connectivity index (χ4n) is 2.18. The first-order valence-corrected chi connectivity index (χ1v) is 7.51. The van der Waals surface area contributed by atoms with Gasteiger partial charge in [-0.15, -0.1) is 0 Å². The van der Waals surface area contributed by atoms with Crippen molar-refractivity contribution in [2.24, 2.45) is 0 Å². The van der Waals surface area contributed by atoms with E-state index in [1.807, 2.05) is 31.2 Å². The molecule has 0 aromatic heterocycles. The molecule has 0 unspecified atom stereocenters. The summed E-state index contributed by atoms with van der Waals surface area (Å²) >= 11 is 0. The van der Waals surface area contributed by atoms with Crippen molar-refractivity contribution in [3.05, 3.63) is 54.1 Å². The average molecular weight is 311 g/mol. The molecule has 0 aliphatic carbocycles. The number of rotatable bonds is 6. The molecule has 0 aliphatic heterocycles. The summed E-state index contributed by atoms with van der Waals surface area (Å²) in [5.74, 6) is -0.220. The SMILES string of the molecule is CC(=O)Nc1cccc(NC(=O)CCNc2ccccc2C)c1. The molecule has 23 heavy (non-hydrogen) atoms. The Morgan fingerprint density at radius 1 is 0.957 bits per heavy atom. The van der Waals surface area contributed by atoms with Crippen LogP contribution in [0.5, 0.6) is 0 Å². The number of benzene rings is 2. The first-order valence-electron chi connectivity index (χ1n) is 7.51. The van der Waals surface area contributed by atoms with E-state index in [2.05, 4.69) is 16.0 Å². The van der Waals surface area contributed by atoms with Crippen LogP contribution < -0.4 is 16.0 Å². The van der Waals surface area contributed by atoms with E-state index >= 15 is 0 Å². The highest BCUT2D eigenvalue weighted by molar-refractivity contribution is 5.93. The summed E-state index contributed by atoms with van der Waals surface area (Å²) in [6.45, 7) is 4.03. The van der Waals surface area contributed by atoms with Crippen LogP contribution in [0.1, 0.15) is 18.9 Å². The molecule has 5 heteroatoms. The zero-order valence-electron chi connectivity index (χ0n) is 13.3. The van der Waals surface area contributed by atoms with E-state index in [-0.39, 0.29) is 11.8 Å². The Morgan fingerprint density at radius 3 is 2.35 bits per heavy atom. The molecule has 0 fully saturated rings. The van der Waals surface area contributed by atoms with E-state index in [1.54, 1.807) is 24.3 Å². The number of aryl methyl sites for hydroxylation is 1. The molecule has 2 aromatic carbocycles. The number of amides is 2. The fourth-order valence-corrected chi connectivity index (χ4v) is 2.18. The van der Waals surface area contributed by atoms with E-state index in [0.717, 1.165) is 11.3 Å². The van der Waals surface area contributed by atoms with Crippen molar-refractivity contribution >= 4 is 28.9 Å².